The zero-order valence-corrected chi connectivity index (χ0v) is 16.8. The zero-order valence-electron chi connectivity index (χ0n) is 12.4. The van der Waals surface area contributed by atoms with Gasteiger partial charge in [0.05, 0.1) is 5.66 Å². The van der Waals surface area contributed by atoms with Gasteiger partial charge in [-0.1, -0.05) is 0 Å². The van der Waals surface area contributed by atoms with E-state index in [2.05, 4.69) is 0 Å². The minimum Gasteiger partial charge on any atom is -0.550 e. The molecule has 0 spiro atoms. The van der Waals surface area contributed by atoms with Crippen LogP contribution in [-0.4, -0.2) is 105 Å². The van der Waals surface area contributed by atoms with Crippen molar-refractivity contribution >= 4 is 99.4 Å². The second-order valence-corrected chi connectivity index (χ2v) is 5.11. The summed E-state index contributed by atoms with van der Waals surface area (Å²) in [6.45, 7) is 0. The first kappa shape index (κ1) is 28.1. The largest absolute Gasteiger partial charge is 2.00 e. The van der Waals surface area contributed by atoms with Crippen LogP contribution < -0.4 is 31.9 Å². The van der Waals surface area contributed by atoms with Crippen LogP contribution in [0.1, 0.15) is 32.1 Å². The molecule has 0 saturated heterocycles. The molecule has 0 bridgehead atoms. The average molecular weight is 382 g/mol. The third-order valence-electron chi connectivity index (χ3n) is 2.74. The summed E-state index contributed by atoms with van der Waals surface area (Å²) in [7, 11) is 0. The monoisotopic (exact) mass is 382 g/mol. The maximum absolute atomic E-state index is 10.7. The van der Waals surface area contributed by atoms with E-state index in [0.29, 0.717) is 0 Å². The summed E-state index contributed by atoms with van der Waals surface area (Å²) in [6, 6.07) is 0. The van der Waals surface area contributed by atoms with E-state index in [4.69, 9.17) is 11.5 Å². The molecule has 0 atom stereocenters. The Morgan fingerprint density at radius 1 is 0.652 bits per heavy atom. The second-order valence-electron chi connectivity index (χ2n) is 5.11. The maximum atomic E-state index is 10.7. The molecule has 0 aliphatic carbocycles. The van der Waals surface area contributed by atoms with Crippen LogP contribution in [0.4, 0.5) is 0 Å². The van der Waals surface area contributed by atoms with Crippen molar-refractivity contribution in [3.63, 3.8) is 0 Å². The molecule has 120 valence electrons. The molecule has 23 heavy (non-hydrogen) atoms. The van der Waals surface area contributed by atoms with Gasteiger partial charge in [-0.15, -0.1) is 0 Å². The molecule has 0 rings (SSSR count). The summed E-state index contributed by atoms with van der Waals surface area (Å²) in [4.78, 5) is 42.7. The van der Waals surface area contributed by atoms with Gasteiger partial charge in [-0.25, -0.2) is 0 Å². The SMILES string of the molecule is NC(N)(CC(=O)[O-])CC(CC(=O)[O-])(CC(=O)[O-])CC(=O)[O-].[Ca+2].[Ca+2]. The van der Waals surface area contributed by atoms with Crippen molar-refractivity contribution in [2.24, 2.45) is 16.9 Å². The molecule has 0 saturated carbocycles. The Kier molecular flexibility index (Phi) is 14.4. The van der Waals surface area contributed by atoms with Crippen LogP contribution in [0.2, 0.25) is 0 Å². The van der Waals surface area contributed by atoms with Gasteiger partial charge in [-0.2, -0.15) is 0 Å². The Morgan fingerprint density at radius 3 is 1.13 bits per heavy atom. The molecule has 4 N–H and O–H groups in total. The average Bonchev–Trinajstić information content (AvgIpc) is 2.07. The summed E-state index contributed by atoms with van der Waals surface area (Å²) >= 11 is 0. The molecule has 0 fully saturated rings. The number of nitrogens with two attached hydrogens (primary N) is 2. The van der Waals surface area contributed by atoms with Crippen LogP contribution in [0.3, 0.4) is 0 Å². The Hall–Kier alpha value is 0.319. The van der Waals surface area contributed by atoms with Gasteiger partial charge in [0, 0.05) is 30.3 Å². The van der Waals surface area contributed by atoms with Crippen LogP contribution in [-0.2, 0) is 19.2 Å². The number of aliphatic carboxylic acids is 4. The summed E-state index contributed by atoms with van der Waals surface area (Å²) in [5.74, 6) is -6.91. The molecular weight excluding hydrogens is 368 g/mol. The fraction of sp³-hybridized carbons (Fsp3) is 0.636. The van der Waals surface area contributed by atoms with Gasteiger partial charge >= 0.3 is 75.5 Å². The van der Waals surface area contributed by atoms with Crippen molar-refractivity contribution in [1.29, 1.82) is 0 Å². The quantitative estimate of drug-likeness (QED) is 0.269. The van der Waals surface area contributed by atoms with E-state index in [1.807, 2.05) is 0 Å². The predicted molar refractivity (Wildman–Crippen MR) is 68.2 cm³/mol. The van der Waals surface area contributed by atoms with E-state index in [1.54, 1.807) is 0 Å². The molecule has 0 aromatic carbocycles. The third-order valence-corrected chi connectivity index (χ3v) is 2.74. The van der Waals surface area contributed by atoms with Crippen LogP contribution >= 0.6 is 0 Å². The van der Waals surface area contributed by atoms with Gasteiger partial charge < -0.3 is 51.1 Å². The van der Waals surface area contributed by atoms with Crippen molar-refractivity contribution < 1.29 is 39.6 Å². The summed E-state index contributed by atoms with van der Waals surface area (Å²) in [5, 5.41) is 42.7. The van der Waals surface area contributed by atoms with Crippen molar-refractivity contribution in [3.05, 3.63) is 0 Å². The van der Waals surface area contributed by atoms with Gasteiger partial charge in [0.15, 0.2) is 0 Å². The number of carbonyl (C=O) groups excluding carboxylic acids is 4. The van der Waals surface area contributed by atoms with Gasteiger partial charge in [0.1, 0.15) is 0 Å². The number of carboxylic acid groups (broad SMARTS) is 4. The topological polar surface area (TPSA) is 213 Å². The first-order valence-corrected chi connectivity index (χ1v) is 5.75. The Morgan fingerprint density at radius 2 is 0.913 bits per heavy atom. The maximum Gasteiger partial charge on any atom is 2.00 e. The van der Waals surface area contributed by atoms with E-state index in [-0.39, 0.29) is 75.5 Å². The van der Waals surface area contributed by atoms with E-state index in [1.165, 1.54) is 0 Å². The Labute approximate surface area is 191 Å². The second kappa shape index (κ2) is 11.8. The van der Waals surface area contributed by atoms with Gasteiger partial charge in [0.25, 0.3) is 0 Å². The van der Waals surface area contributed by atoms with Gasteiger partial charge in [-0.3, -0.25) is 0 Å². The number of hydrogen-bond acceptors (Lipinski definition) is 10. The van der Waals surface area contributed by atoms with E-state index in [9.17, 15) is 39.6 Å². The van der Waals surface area contributed by atoms with Crippen LogP contribution in [0.5, 0.6) is 0 Å². The predicted octanol–water partition coefficient (Wildman–Crippen LogP) is -7.23. The summed E-state index contributed by atoms with van der Waals surface area (Å²) < 4.78 is 0. The van der Waals surface area contributed by atoms with Gasteiger partial charge in [0.2, 0.25) is 0 Å². The molecule has 0 heterocycles. The van der Waals surface area contributed by atoms with Gasteiger partial charge in [-0.05, 0) is 31.1 Å². The fourth-order valence-electron chi connectivity index (χ4n) is 2.32. The minimum absolute atomic E-state index is 0. The third kappa shape index (κ3) is 13.3. The molecule has 0 unspecified atom stereocenters. The number of carbonyl (C=O) groups is 4. The molecular formula is C11H14Ca2N2O8. The molecule has 0 amide bonds. The number of carboxylic acids is 4. The molecule has 0 aromatic heterocycles. The molecule has 10 nitrogen and oxygen atoms in total. The van der Waals surface area contributed by atoms with Crippen LogP contribution in [0.15, 0.2) is 0 Å². The first-order valence-electron chi connectivity index (χ1n) is 5.75. The normalized spacial score (nSPS) is 10.9. The minimum atomic E-state index is -2.07. The molecule has 0 aromatic rings. The van der Waals surface area contributed by atoms with E-state index >= 15 is 0 Å². The molecule has 12 heteroatoms. The first-order chi connectivity index (χ1) is 9.37. The van der Waals surface area contributed by atoms with E-state index < -0.39 is 67.1 Å². The molecule has 0 radical (unpaired) electrons. The van der Waals surface area contributed by atoms with Crippen molar-refractivity contribution in [3.8, 4) is 0 Å². The fourth-order valence-corrected chi connectivity index (χ4v) is 2.32. The van der Waals surface area contributed by atoms with Crippen LogP contribution in [0.25, 0.3) is 0 Å². The Bertz CT molecular complexity index is 415. The summed E-state index contributed by atoms with van der Waals surface area (Å²) in [5.41, 5.74) is 6.83. The number of rotatable bonds is 10. The summed E-state index contributed by atoms with van der Waals surface area (Å²) in [6.07, 6.45) is -4.71. The van der Waals surface area contributed by atoms with Crippen LogP contribution in [0, 0.1) is 5.41 Å². The van der Waals surface area contributed by atoms with E-state index in [0.717, 1.165) is 0 Å². The molecule has 0 aliphatic heterocycles. The van der Waals surface area contributed by atoms with Crippen molar-refractivity contribution in [1.82, 2.24) is 0 Å². The smallest absolute Gasteiger partial charge is 0.550 e. The zero-order chi connectivity index (χ0) is 16.8. The Balaban J connectivity index is -0.00000200. The number of hydrogen-bond donors (Lipinski definition) is 2. The molecule has 0 aliphatic rings. The van der Waals surface area contributed by atoms with Crippen molar-refractivity contribution in [2.45, 2.75) is 37.8 Å². The standard InChI is InChI=1S/C11H18N2O8.2Ca/c12-11(13,4-9(20)21)5-10(1-6(14)15,2-7(16)17)3-8(18)19;;/h1-5,12-13H2,(H,14,15)(H,16,17)(H,18,19)(H,20,21);;/q;2*+2/p-4. The van der Waals surface area contributed by atoms with Crippen molar-refractivity contribution in [2.75, 3.05) is 0 Å².